The maximum Gasteiger partial charge on any atom is 0.0644 e. The van der Waals surface area contributed by atoms with Crippen LogP contribution in [0.15, 0.2) is 30.5 Å². The molecule has 20 heavy (non-hydrogen) atoms. The Morgan fingerprint density at radius 3 is 2.65 bits per heavy atom. The summed E-state index contributed by atoms with van der Waals surface area (Å²) in [5.41, 5.74) is 6.05. The Bertz CT molecular complexity index is 577. The molecule has 1 heterocycles. The molecule has 0 aliphatic rings. The maximum absolute atomic E-state index is 6.06. The van der Waals surface area contributed by atoms with Gasteiger partial charge in [-0.1, -0.05) is 23.7 Å². The largest absolute Gasteiger partial charge is 0.271 e. The summed E-state index contributed by atoms with van der Waals surface area (Å²) in [6, 6.07) is 8.40. The fraction of sp³-hybridized carbons (Fsp3) is 0.400. The molecule has 1 aromatic heterocycles. The smallest absolute Gasteiger partial charge is 0.0644 e. The van der Waals surface area contributed by atoms with Crippen LogP contribution in [0.2, 0.25) is 5.02 Å². The first-order valence-electron chi connectivity index (χ1n) is 6.77. The molecule has 1 aromatic carbocycles. The summed E-state index contributed by atoms with van der Waals surface area (Å²) in [5, 5.41) is 5.33. The van der Waals surface area contributed by atoms with Gasteiger partial charge in [0.2, 0.25) is 0 Å². The number of halogens is 1. The molecule has 2 rings (SSSR count). The number of rotatable bonds is 5. The van der Waals surface area contributed by atoms with Gasteiger partial charge in [0.25, 0.3) is 0 Å². The van der Waals surface area contributed by atoms with E-state index >= 15 is 0 Å². The Hall–Kier alpha value is -1.36. The zero-order valence-electron chi connectivity index (χ0n) is 12.1. The Balaban J connectivity index is 2.17. The lowest BCUT2D eigenvalue weighted by atomic mass is 10.0. The van der Waals surface area contributed by atoms with Crippen LogP contribution in [0, 0.1) is 6.92 Å². The van der Waals surface area contributed by atoms with E-state index in [0.29, 0.717) is 6.04 Å². The van der Waals surface area contributed by atoms with E-state index in [0.717, 1.165) is 28.3 Å². The number of hydrogen-bond donors (Lipinski definition) is 2. The number of aryl methyl sites for hydroxylation is 1. The fourth-order valence-corrected chi connectivity index (χ4v) is 2.26. The highest BCUT2D eigenvalue weighted by Gasteiger charge is 2.13. The van der Waals surface area contributed by atoms with E-state index in [9.17, 15) is 0 Å². The quantitative estimate of drug-likeness (QED) is 0.657. The Morgan fingerprint density at radius 1 is 1.35 bits per heavy atom. The van der Waals surface area contributed by atoms with Crippen LogP contribution in [0.4, 0.5) is 0 Å². The molecule has 0 spiro atoms. The van der Waals surface area contributed by atoms with Gasteiger partial charge in [0, 0.05) is 23.7 Å². The molecule has 0 saturated carbocycles. The molecular weight excluding hydrogens is 272 g/mol. The summed E-state index contributed by atoms with van der Waals surface area (Å²) in [4.78, 5) is 0. The van der Waals surface area contributed by atoms with E-state index in [1.165, 1.54) is 0 Å². The number of benzene rings is 1. The topological polar surface area (TPSA) is 55.9 Å². The molecular formula is C15H21ClN4. The first-order valence-corrected chi connectivity index (χ1v) is 7.15. The van der Waals surface area contributed by atoms with Crippen LogP contribution in [0.25, 0.3) is 0 Å². The molecule has 0 radical (unpaired) electrons. The van der Waals surface area contributed by atoms with E-state index in [1.54, 1.807) is 0 Å². The Labute approximate surface area is 124 Å². The SMILES string of the molecule is Cc1cc(C(Cc2ccn(C(C)C)n2)NN)ccc1Cl. The molecule has 0 fully saturated rings. The summed E-state index contributed by atoms with van der Waals surface area (Å²) in [6.07, 6.45) is 2.75. The van der Waals surface area contributed by atoms with Crippen LogP contribution >= 0.6 is 11.6 Å². The van der Waals surface area contributed by atoms with Crippen molar-refractivity contribution in [3.05, 3.63) is 52.3 Å². The van der Waals surface area contributed by atoms with Crippen molar-refractivity contribution >= 4 is 11.6 Å². The molecule has 0 amide bonds. The van der Waals surface area contributed by atoms with Crippen molar-refractivity contribution < 1.29 is 0 Å². The van der Waals surface area contributed by atoms with Gasteiger partial charge in [0.15, 0.2) is 0 Å². The molecule has 5 heteroatoms. The number of hydrogen-bond acceptors (Lipinski definition) is 3. The normalized spacial score (nSPS) is 12.9. The molecule has 0 saturated heterocycles. The average molecular weight is 293 g/mol. The first kappa shape index (κ1) is 15.0. The van der Waals surface area contributed by atoms with Crippen molar-refractivity contribution in [1.29, 1.82) is 0 Å². The monoisotopic (exact) mass is 292 g/mol. The molecule has 2 aromatic rings. The molecule has 1 unspecified atom stereocenters. The molecule has 4 nitrogen and oxygen atoms in total. The van der Waals surface area contributed by atoms with Gasteiger partial charge in [-0.3, -0.25) is 16.0 Å². The lowest BCUT2D eigenvalue weighted by Gasteiger charge is -2.16. The van der Waals surface area contributed by atoms with Gasteiger partial charge in [0.05, 0.1) is 11.7 Å². The van der Waals surface area contributed by atoms with Gasteiger partial charge >= 0.3 is 0 Å². The van der Waals surface area contributed by atoms with Crippen molar-refractivity contribution in [2.24, 2.45) is 5.84 Å². The minimum absolute atomic E-state index is 0.0291. The van der Waals surface area contributed by atoms with Crippen molar-refractivity contribution in [1.82, 2.24) is 15.2 Å². The third-order valence-corrected chi connectivity index (χ3v) is 3.82. The summed E-state index contributed by atoms with van der Waals surface area (Å²) in [6.45, 7) is 6.21. The van der Waals surface area contributed by atoms with Crippen LogP contribution in [-0.2, 0) is 6.42 Å². The summed E-state index contributed by atoms with van der Waals surface area (Å²) < 4.78 is 1.95. The number of hydrazine groups is 1. The minimum Gasteiger partial charge on any atom is -0.271 e. The van der Waals surface area contributed by atoms with Gasteiger partial charge < -0.3 is 0 Å². The van der Waals surface area contributed by atoms with Gasteiger partial charge in [-0.2, -0.15) is 5.10 Å². The van der Waals surface area contributed by atoms with Crippen molar-refractivity contribution in [3.63, 3.8) is 0 Å². The van der Waals surface area contributed by atoms with Crippen LogP contribution in [0.5, 0.6) is 0 Å². The summed E-state index contributed by atoms with van der Waals surface area (Å²) in [7, 11) is 0. The van der Waals surface area contributed by atoms with Crippen molar-refractivity contribution in [2.45, 2.75) is 39.3 Å². The summed E-state index contributed by atoms with van der Waals surface area (Å²) >= 11 is 6.06. The highest BCUT2D eigenvalue weighted by atomic mass is 35.5. The highest BCUT2D eigenvalue weighted by molar-refractivity contribution is 6.31. The number of aromatic nitrogens is 2. The van der Waals surface area contributed by atoms with Crippen LogP contribution in [-0.4, -0.2) is 9.78 Å². The average Bonchev–Trinajstić information content (AvgIpc) is 2.88. The molecule has 1 atom stereocenters. The third kappa shape index (κ3) is 3.39. The van der Waals surface area contributed by atoms with E-state index in [4.69, 9.17) is 17.4 Å². The highest BCUT2D eigenvalue weighted by Crippen LogP contribution is 2.23. The van der Waals surface area contributed by atoms with E-state index < -0.39 is 0 Å². The van der Waals surface area contributed by atoms with Crippen LogP contribution in [0.1, 0.15) is 42.8 Å². The lowest BCUT2D eigenvalue weighted by molar-refractivity contribution is 0.507. The lowest BCUT2D eigenvalue weighted by Crippen LogP contribution is -2.29. The van der Waals surface area contributed by atoms with Gasteiger partial charge in [-0.15, -0.1) is 0 Å². The minimum atomic E-state index is 0.0291. The van der Waals surface area contributed by atoms with E-state index in [2.05, 4.69) is 30.4 Å². The van der Waals surface area contributed by atoms with E-state index in [-0.39, 0.29) is 6.04 Å². The third-order valence-electron chi connectivity index (χ3n) is 3.39. The number of nitrogens with one attached hydrogen (secondary N) is 1. The zero-order chi connectivity index (χ0) is 14.7. The van der Waals surface area contributed by atoms with Crippen molar-refractivity contribution in [2.75, 3.05) is 0 Å². The second kappa shape index (κ2) is 6.39. The maximum atomic E-state index is 6.06. The van der Waals surface area contributed by atoms with Crippen LogP contribution < -0.4 is 11.3 Å². The second-order valence-electron chi connectivity index (χ2n) is 5.31. The first-order chi connectivity index (χ1) is 9.51. The van der Waals surface area contributed by atoms with Gasteiger partial charge in [-0.05, 0) is 44.0 Å². The fourth-order valence-electron chi connectivity index (χ4n) is 2.14. The summed E-state index contributed by atoms with van der Waals surface area (Å²) in [5.74, 6) is 5.69. The number of nitrogens with two attached hydrogens (primary N) is 1. The molecule has 108 valence electrons. The van der Waals surface area contributed by atoms with Gasteiger partial charge in [0.1, 0.15) is 0 Å². The molecule has 0 aliphatic heterocycles. The van der Waals surface area contributed by atoms with E-state index in [1.807, 2.05) is 36.0 Å². The second-order valence-corrected chi connectivity index (χ2v) is 5.72. The Kier molecular flexibility index (Phi) is 4.81. The molecule has 0 bridgehead atoms. The standard InChI is InChI=1S/C15H21ClN4/c1-10(2)20-7-6-13(19-20)9-15(18-17)12-4-5-14(16)11(3)8-12/h4-8,10,15,18H,9,17H2,1-3H3. The predicted molar refractivity (Wildman–Crippen MR) is 82.6 cm³/mol. The Morgan fingerprint density at radius 2 is 2.10 bits per heavy atom. The van der Waals surface area contributed by atoms with Crippen LogP contribution in [0.3, 0.4) is 0 Å². The van der Waals surface area contributed by atoms with Crippen molar-refractivity contribution in [3.8, 4) is 0 Å². The van der Waals surface area contributed by atoms with Gasteiger partial charge in [-0.25, -0.2) is 0 Å². The predicted octanol–water partition coefficient (Wildman–Crippen LogP) is 3.17. The number of nitrogens with zero attached hydrogens (tertiary/aromatic N) is 2. The molecule has 3 N–H and O–H groups in total. The zero-order valence-corrected chi connectivity index (χ0v) is 12.9. The molecule has 0 aliphatic carbocycles.